The molecule has 0 aromatic heterocycles. The lowest BCUT2D eigenvalue weighted by molar-refractivity contribution is -0.139. The van der Waals surface area contributed by atoms with Crippen molar-refractivity contribution >= 4 is 11.8 Å². The molecule has 2 aromatic rings. The number of carbonyl (C=O) groups is 2. The lowest BCUT2D eigenvalue weighted by Crippen LogP contribution is -2.56. The number of carbonyl (C=O) groups excluding carboxylic acids is 2. The van der Waals surface area contributed by atoms with Gasteiger partial charge in [-0.3, -0.25) is 9.59 Å². The highest BCUT2D eigenvalue weighted by molar-refractivity contribution is 5.89. The smallest absolute Gasteiger partial charge is 0.246 e. The molecule has 0 aliphatic carbocycles. The molecule has 2 aromatic carbocycles. The maximum atomic E-state index is 13.9. The van der Waals surface area contributed by atoms with Gasteiger partial charge in [-0.1, -0.05) is 48.5 Å². The number of para-hydroxylation sites is 1. The molecule has 1 heterocycles. The molecular formula is C25H34N4O3. The first kappa shape index (κ1) is 23.8. The van der Waals surface area contributed by atoms with Gasteiger partial charge < -0.3 is 24.8 Å². The third kappa shape index (κ3) is 6.55. The largest absolute Gasteiger partial charge is 0.491 e. The molecule has 7 nitrogen and oxygen atoms in total. The van der Waals surface area contributed by atoms with Crippen molar-refractivity contribution in [2.75, 3.05) is 47.9 Å². The third-order valence-corrected chi connectivity index (χ3v) is 5.42. The van der Waals surface area contributed by atoms with E-state index in [1.807, 2.05) is 87.7 Å². The van der Waals surface area contributed by atoms with E-state index in [0.29, 0.717) is 26.1 Å². The zero-order valence-electron chi connectivity index (χ0n) is 19.5. The summed E-state index contributed by atoms with van der Waals surface area (Å²) in [4.78, 5) is 32.2. The van der Waals surface area contributed by atoms with Crippen LogP contribution in [0.1, 0.15) is 11.1 Å². The van der Waals surface area contributed by atoms with Crippen LogP contribution in [0, 0.1) is 0 Å². The Balaban J connectivity index is 1.89. The van der Waals surface area contributed by atoms with Gasteiger partial charge in [0.05, 0.1) is 12.6 Å². The van der Waals surface area contributed by atoms with Gasteiger partial charge in [-0.15, -0.1) is 0 Å². The molecule has 7 heteroatoms. The molecule has 1 aliphatic heterocycles. The van der Waals surface area contributed by atoms with E-state index in [1.54, 1.807) is 4.90 Å². The van der Waals surface area contributed by atoms with Crippen molar-refractivity contribution in [3.8, 4) is 5.75 Å². The number of hydrogen-bond donors (Lipinski definition) is 1. The van der Waals surface area contributed by atoms with Crippen LogP contribution in [0.2, 0.25) is 0 Å². The quantitative estimate of drug-likeness (QED) is 0.679. The molecule has 0 radical (unpaired) electrons. The highest BCUT2D eigenvalue weighted by Crippen LogP contribution is 2.26. The van der Waals surface area contributed by atoms with Gasteiger partial charge in [-0.25, -0.2) is 0 Å². The summed E-state index contributed by atoms with van der Waals surface area (Å²) >= 11 is 0. The Hall–Kier alpha value is -2.90. The third-order valence-electron chi connectivity index (χ3n) is 5.42. The van der Waals surface area contributed by atoms with Crippen molar-refractivity contribution in [2.24, 2.45) is 0 Å². The average molecular weight is 439 g/mol. The van der Waals surface area contributed by atoms with E-state index < -0.39 is 6.04 Å². The van der Waals surface area contributed by atoms with Crippen molar-refractivity contribution in [3.63, 3.8) is 0 Å². The summed E-state index contributed by atoms with van der Waals surface area (Å²) in [6, 6.07) is 16.9. The normalized spacial score (nSPS) is 16.8. The average Bonchev–Trinajstić information content (AvgIpc) is 2.92. The van der Waals surface area contributed by atoms with Crippen LogP contribution in [0.4, 0.5) is 0 Å². The van der Waals surface area contributed by atoms with Crippen LogP contribution in [0.3, 0.4) is 0 Å². The summed E-state index contributed by atoms with van der Waals surface area (Å²) in [5, 5.41) is 2.99. The number of amides is 2. The topological polar surface area (TPSA) is 65.1 Å². The number of rotatable bonds is 8. The molecule has 0 saturated carbocycles. The van der Waals surface area contributed by atoms with Crippen molar-refractivity contribution in [1.29, 1.82) is 0 Å². The van der Waals surface area contributed by atoms with Gasteiger partial charge in [-0.2, -0.15) is 0 Å². The maximum absolute atomic E-state index is 13.9. The van der Waals surface area contributed by atoms with Crippen LogP contribution in [-0.2, 0) is 22.6 Å². The van der Waals surface area contributed by atoms with Crippen LogP contribution in [0.15, 0.2) is 54.6 Å². The highest BCUT2D eigenvalue weighted by Gasteiger charge is 2.34. The van der Waals surface area contributed by atoms with Crippen molar-refractivity contribution < 1.29 is 14.3 Å². The van der Waals surface area contributed by atoms with Crippen molar-refractivity contribution in [2.45, 2.75) is 25.0 Å². The second-order valence-corrected chi connectivity index (χ2v) is 8.85. The van der Waals surface area contributed by atoms with Gasteiger partial charge >= 0.3 is 0 Å². The van der Waals surface area contributed by atoms with E-state index in [4.69, 9.17) is 4.74 Å². The number of nitrogens with zero attached hydrogens (tertiary/aromatic N) is 3. The number of benzene rings is 2. The Morgan fingerprint density at radius 2 is 1.72 bits per heavy atom. The molecule has 0 bridgehead atoms. The fourth-order valence-electron chi connectivity index (χ4n) is 3.97. The first-order chi connectivity index (χ1) is 15.3. The fourth-order valence-corrected chi connectivity index (χ4v) is 3.97. The monoisotopic (exact) mass is 438 g/mol. The summed E-state index contributed by atoms with van der Waals surface area (Å²) in [6.07, 6.45) is 0.437. The minimum atomic E-state index is -0.653. The predicted molar refractivity (Wildman–Crippen MR) is 125 cm³/mol. The number of nitrogens with one attached hydrogen (secondary N) is 1. The molecule has 3 rings (SSSR count). The van der Waals surface area contributed by atoms with Gasteiger partial charge in [0.1, 0.15) is 18.4 Å². The molecular weight excluding hydrogens is 404 g/mol. The molecule has 0 saturated heterocycles. The summed E-state index contributed by atoms with van der Waals surface area (Å²) in [7, 11) is 7.65. The second kappa shape index (κ2) is 11.1. The Bertz CT molecular complexity index is 901. The zero-order chi connectivity index (χ0) is 23.1. The van der Waals surface area contributed by atoms with Gasteiger partial charge in [0, 0.05) is 25.1 Å². The van der Waals surface area contributed by atoms with Gasteiger partial charge in [0.15, 0.2) is 0 Å². The summed E-state index contributed by atoms with van der Waals surface area (Å²) in [5.41, 5.74) is 1.98. The zero-order valence-corrected chi connectivity index (χ0v) is 19.5. The highest BCUT2D eigenvalue weighted by atomic mass is 16.5. The Kier molecular flexibility index (Phi) is 8.25. The summed E-state index contributed by atoms with van der Waals surface area (Å²) in [5.74, 6) is 0.552. The van der Waals surface area contributed by atoms with Gasteiger partial charge in [0.25, 0.3) is 0 Å². The molecule has 2 unspecified atom stereocenters. The van der Waals surface area contributed by atoms with E-state index in [0.717, 1.165) is 16.9 Å². The van der Waals surface area contributed by atoms with Crippen LogP contribution in [0.25, 0.3) is 0 Å². The van der Waals surface area contributed by atoms with Crippen molar-refractivity contribution in [1.82, 2.24) is 20.0 Å². The van der Waals surface area contributed by atoms with E-state index in [-0.39, 0.29) is 24.4 Å². The van der Waals surface area contributed by atoms with E-state index in [2.05, 4.69) is 10.2 Å². The van der Waals surface area contributed by atoms with E-state index in [9.17, 15) is 9.59 Å². The van der Waals surface area contributed by atoms with Crippen LogP contribution >= 0.6 is 0 Å². The number of ether oxygens (including phenoxy) is 1. The minimum Gasteiger partial charge on any atom is -0.491 e. The Morgan fingerprint density at radius 3 is 2.41 bits per heavy atom. The van der Waals surface area contributed by atoms with E-state index in [1.165, 1.54) is 0 Å². The lowest BCUT2D eigenvalue weighted by Gasteiger charge is -2.34. The molecule has 0 fully saturated rings. The first-order valence-electron chi connectivity index (χ1n) is 11.0. The van der Waals surface area contributed by atoms with Crippen LogP contribution in [0.5, 0.6) is 5.75 Å². The lowest BCUT2D eigenvalue weighted by atomic mass is 10.0. The summed E-state index contributed by atoms with van der Waals surface area (Å²) < 4.78 is 6.06. The minimum absolute atomic E-state index is 0.0897. The standard InChI is InChI=1S/C25H34N4O3/c1-27(2)16-21-18-32-23-13-9-8-12-20(23)15-29(21)25(31)22(26-24(30)17-28(3)4)14-19-10-6-5-7-11-19/h5-13,21-22H,14-18H2,1-4H3,(H,26,30). The molecule has 2 amide bonds. The van der Waals surface area contributed by atoms with Crippen LogP contribution < -0.4 is 10.1 Å². The maximum Gasteiger partial charge on any atom is 0.246 e. The van der Waals surface area contributed by atoms with Gasteiger partial charge in [0.2, 0.25) is 11.8 Å². The number of likely N-dealkylation sites (N-methyl/N-ethyl adjacent to an activating group) is 2. The second-order valence-electron chi connectivity index (χ2n) is 8.85. The molecule has 0 spiro atoms. The number of fused-ring (bicyclic) bond motifs is 1. The Morgan fingerprint density at radius 1 is 1.03 bits per heavy atom. The first-order valence-corrected chi connectivity index (χ1v) is 11.0. The molecule has 172 valence electrons. The van der Waals surface area contributed by atoms with E-state index >= 15 is 0 Å². The summed E-state index contributed by atoms with van der Waals surface area (Å²) in [6.45, 7) is 1.75. The molecule has 2 atom stereocenters. The molecule has 32 heavy (non-hydrogen) atoms. The Labute approximate surface area is 190 Å². The van der Waals surface area contributed by atoms with Crippen molar-refractivity contribution in [3.05, 3.63) is 65.7 Å². The molecule has 1 N–H and O–H groups in total. The van der Waals surface area contributed by atoms with Crippen LogP contribution in [-0.4, -0.2) is 86.5 Å². The van der Waals surface area contributed by atoms with Gasteiger partial charge in [-0.05, 0) is 39.8 Å². The SMILES string of the molecule is CN(C)CC(=O)NC(Cc1ccccc1)C(=O)N1Cc2ccccc2OCC1CN(C)C. The molecule has 1 aliphatic rings. The number of hydrogen-bond acceptors (Lipinski definition) is 5. The fraction of sp³-hybridized carbons (Fsp3) is 0.440. The predicted octanol–water partition coefficient (Wildman–Crippen LogP) is 1.63.